The summed E-state index contributed by atoms with van der Waals surface area (Å²) in [5.74, 6) is 2.31. The second-order valence-electron chi connectivity index (χ2n) is 11.1. The van der Waals surface area contributed by atoms with Crippen LogP contribution in [0, 0.1) is 35.0 Å². The van der Waals surface area contributed by atoms with Crippen molar-refractivity contribution in [2.24, 2.45) is 40.1 Å². The van der Waals surface area contributed by atoms with E-state index in [9.17, 15) is 18.0 Å². The van der Waals surface area contributed by atoms with E-state index in [-0.39, 0.29) is 32.8 Å². The molecular weight excluding hydrogens is 474 g/mol. The topological polar surface area (TPSA) is 104 Å². The van der Waals surface area contributed by atoms with Crippen molar-refractivity contribution in [3.05, 3.63) is 40.4 Å². The minimum absolute atomic E-state index is 0.0293. The van der Waals surface area contributed by atoms with Crippen molar-refractivity contribution < 1.29 is 22.7 Å². The SMILES string of the molecule is CC1CC2=CC(=O)CCC2C2CC[C@@]3(C)C(CC[C@@H]3OC(=O)c3cc(S(N)(=O)=O)ccc3Cl)C12. The van der Waals surface area contributed by atoms with E-state index in [1.165, 1.54) is 23.8 Å². The van der Waals surface area contributed by atoms with Crippen molar-refractivity contribution in [2.45, 2.75) is 69.8 Å². The molecule has 1 aromatic carbocycles. The van der Waals surface area contributed by atoms with Gasteiger partial charge < -0.3 is 4.74 Å². The van der Waals surface area contributed by atoms with Gasteiger partial charge in [-0.2, -0.15) is 0 Å². The number of carbonyl (C=O) groups excluding carboxylic acids is 2. The molecule has 0 saturated heterocycles. The van der Waals surface area contributed by atoms with Gasteiger partial charge in [0.25, 0.3) is 0 Å². The van der Waals surface area contributed by atoms with Crippen molar-refractivity contribution >= 4 is 33.4 Å². The fourth-order valence-corrected chi connectivity index (χ4v) is 8.50. The lowest BCUT2D eigenvalue weighted by atomic mass is 9.49. The van der Waals surface area contributed by atoms with Crippen LogP contribution in [0.2, 0.25) is 5.02 Å². The Labute approximate surface area is 206 Å². The van der Waals surface area contributed by atoms with Crippen molar-refractivity contribution in [2.75, 3.05) is 0 Å². The fraction of sp³-hybridized carbons (Fsp3) is 0.615. The van der Waals surface area contributed by atoms with Crippen LogP contribution in [-0.2, 0) is 19.6 Å². The van der Waals surface area contributed by atoms with Gasteiger partial charge in [0, 0.05) is 11.8 Å². The number of hydrogen-bond acceptors (Lipinski definition) is 5. The quantitative estimate of drug-likeness (QED) is 0.588. The Morgan fingerprint density at radius 3 is 2.71 bits per heavy atom. The number of nitrogens with two attached hydrogens (primary N) is 1. The highest BCUT2D eigenvalue weighted by Gasteiger charge is 2.59. The third-order valence-electron chi connectivity index (χ3n) is 9.29. The summed E-state index contributed by atoms with van der Waals surface area (Å²) in [7, 11) is -3.96. The van der Waals surface area contributed by atoms with E-state index in [0.29, 0.717) is 36.0 Å². The number of rotatable bonds is 3. The number of allylic oxidation sites excluding steroid dienone is 1. The van der Waals surface area contributed by atoms with Gasteiger partial charge in [-0.05, 0) is 92.4 Å². The van der Waals surface area contributed by atoms with E-state index in [2.05, 4.69) is 13.8 Å². The van der Waals surface area contributed by atoms with E-state index >= 15 is 0 Å². The molecular formula is C26H32ClNO5S. The number of fused-ring (bicyclic) bond motifs is 5. The van der Waals surface area contributed by atoms with Crippen LogP contribution in [0.15, 0.2) is 34.7 Å². The predicted molar refractivity (Wildman–Crippen MR) is 129 cm³/mol. The summed E-state index contributed by atoms with van der Waals surface area (Å²) in [6.45, 7) is 4.57. The zero-order valence-corrected chi connectivity index (χ0v) is 21.2. The Bertz CT molecular complexity index is 1180. The van der Waals surface area contributed by atoms with E-state index in [1.807, 2.05) is 6.08 Å². The lowest BCUT2D eigenvalue weighted by Crippen LogP contribution is -2.50. The second-order valence-corrected chi connectivity index (χ2v) is 13.0. The monoisotopic (exact) mass is 505 g/mol. The molecule has 6 nitrogen and oxygen atoms in total. The molecule has 0 spiro atoms. The summed E-state index contributed by atoms with van der Waals surface area (Å²) in [5.41, 5.74) is 1.27. The van der Waals surface area contributed by atoms with Gasteiger partial charge in [0.1, 0.15) is 6.10 Å². The van der Waals surface area contributed by atoms with Gasteiger partial charge in [0.15, 0.2) is 5.78 Å². The Morgan fingerprint density at radius 2 is 1.97 bits per heavy atom. The van der Waals surface area contributed by atoms with Crippen LogP contribution in [0.1, 0.15) is 69.2 Å². The first-order chi connectivity index (χ1) is 16.0. The maximum atomic E-state index is 13.1. The van der Waals surface area contributed by atoms with E-state index < -0.39 is 16.0 Å². The molecule has 7 atom stereocenters. The van der Waals surface area contributed by atoms with Crippen LogP contribution in [0.5, 0.6) is 0 Å². The van der Waals surface area contributed by atoms with Crippen molar-refractivity contribution in [3.63, 3.8) is 0 Å². The number of ketones is 1. The molecule has 5 unspecified atom stereocenters. The number of primary sulfonamides is 1. The number of ether oxygens (including phenoxy) is 1. The molecule has 4 aliphatic rings. The molecule has 2 N–H and O–H groups in total. The van der Waals surface area contributed by atoms with Crippen LogP contribution in [0.3, 0.4) is 0 Å². The van der Waals surface area contributed by atoms with Crippen molar-refractivity contribution in [1.29, 1.82) is 0 Å². The average molecular weight is 506 g/mol. The van der Waals surface area contributed by atoms with Gasteiger partial charge in [-0.1, -0.05) is 31.0 Å². The maximum Gasteiger partial charge on any atom is 0.339 e. The molecule has 3 saturated carbocycles. The lowest BCUT2D eigenvalue weighted by Gasteiger charge is -2.55. The minimum atomic E-state index is -3.96. The van der Waals surface area contributed by atoms with Crippen LogP contribution in [-0.4, -0.2) is 26.3 Å². The van der Waals surface area contributed by atoms with Gasteiger partial charge in [0.2, 0.25) is 10.0 Å². The summed E-state index contributed by atoms with van der Waals surface area (Å²) in [4.78, 5) is 24.9. The summed E-state index contributed by atoms with van der Waals surface area (Å²) in [6, 6.07) is 3.85. The molecule has 8 heteroatoms. The number of carbonyl (C=O) groups is 2. The summed E-state index contributed by atoms with van der Waals surface area (Å²) in [5, 5.41) is 5.38. The molecule has 0 heterocycles. The molecule has 0 aliphatic heterocycles. The average Bonchev–Trinajstić information content (AvgIpc) is 3.08. The van der Waals surface area contributed by atoms with Gasteiger partial charge in [-0.25, -0.2) is 18.4 Å². The van der Waals surface area contributed by atoms with Crippen LogP contribution in [0.25, 0.3) is 0 Å². The molecule has 5 rings (SSSR count). The van der Waals surface area contributed by atoms with Crippen LogP contribution < -0.4 is 5.14 Å². The molecule has 1 aromatic rings. The van der Waals surface area contributed by atoms with Gasteiger partial charge in [0.05, 0.1) is 15.5 Å². The number of esters is 1. The zero-order valence-electron chi connectivity index (χ0n) is 19.6. The van der Waals surface area contributed by atoms with Crippen LogP contribution >= 0.6 is 11.6 Å². The maximum absolute atomic E-state index is 13.1. The largest absolute Gasteiger partial charge is 0.458 e. The van der Waals surface area contributed by atoms with Gasteiger partial charge >= 0.3 is 5.97 Å². The Hall–Kier alpha value is -1.70. The van der Waals surface area contributed by atoms with Crippen molar-refractivity contribution in [1.82, 2.24) is 0 Å². The molecule has 184 valence electrons. The normalized spacial score (nSPS) is 37.3. The first-order valence-corrected chi connectivity index (χ1v) is 14.2. The third-order valence-corrected chi connectivity index (χ3v) is 10.5. The molecule has 34 heavy (non-hydrogen) atoms. The highest BCUT2D eigenvalue weighted by molar-refractivity contribution is 7.89. The first-order valence-electron chi connectivity index (χ1n) is 12.3. The molecule has 4 aliphatic carbocycles. The predicted octanol–water partition coefficient (Wildman–Crippen LogP) is 4.90. The second kappa shape index (κ2) is 8.45. The third kappa shape index (κ3) is 3.94. The summed E-state index contributed by atoms with van der Waals surface area (Å²) < 4.78 is 29.5. The minimum Gasteiger partial charge on any atom is -0.458 e. The first kappa shape index (κ1) is 24.0. The highest BCUT2D eigenvalue weighted by Crippen LogP contribution is 2.63. The zero-order chi connectivity index (χ0) is 24.4. The number of sulfonamides is 1. The van der Waals surface area contributed by atoms with Gasteiger partial charge in [-0.15, -0.1) is 0 Å². The standard InChI is InChI=1S/C26H32ClNO5S/c1-14-11-15-12-16(29)3-5-18(15)19-9-10-26(2)21(24(14)19)6-8-23(26)33-25(30)20-13-17(34(28,31)32)4-7-22(20)27/h4,7,12-14,18-19,21,23-24H,3,5-6,8-11H2,1-2H3,(H2,28,31,32)/t14?,18?,19?,21?,23-,24?,26-/m0/s1. The molecule has 3 fully saturated rings. The lowest BCUT2D eigenvalue weighted by molar-refractivity contribution is -0.116. The van der Waals surface area contributed by atoms with Crippen LogP contribution in [0.4, 0.5) is 0 Å². The smallest absolute Gasteiger partial charge is 0.339 e. The van der Waals surface area contributed by atoms with E-state index in [1.54, 1.807) is 0 Å². The summed E-state index contributed by atoms with van der Waals surface area (Å²) in [6.07, 6.45) is 8.16. The number of hydrogen-bond donors (Lipinski definition) is 1. The van der Waals surface area contributed by atoms with Crippen molar-refractivity contribution in [3.8, 4) is 0 Å². The molecule has 0 radical (unpaired) electrons. The summed E-state index contributed by atoms with van der Waals surface area (Å²) >= 11 is 6.22. The Balaban J connectivity index is 1.37. The Kier molecular flexibility index (Phi) is 5.97. The fourth-order valence-electron chi connectivity index (χ4n) is 7.76. The molecule has 0 amide bonds. The molecule has 0 bridgehead atoms. The number of halogens is 1. The van der Waals surface area contributed by atoms with E-state index in [0.717, 1.165) is 38.5 Å². The number of benzene rings is 1. The van der Waals surface area contributed by atoms with E-state index in [4.69, 9.17) is 21.5 Å². The van der Waals surface area contributed by atoms with Gasteiger partial charge in [-0.3, -0.25) is 4.79 Å². The Morgan fingerprint density at radius 1 is 1.21 bits per heavy atom. The highest BCUT2D eigenvalue weighted by atomic mass is 35.5. The molecule has 0 aromatic heterocycles.